The summed E-state index contributed by atoms with van der Waals surface area (Å²) in [5.74, 6) is 0.299. The third-order valence-corrected chi connectivity index (χ3v) is 5.11. The van der Waals surface area contributed by atoms with Crippen LogP contribution in [0.5, 0.6) is 0 Å². The van der Waals surface area contributed by atoms with Crippen LogP contribution in [0.15, 0.2) is 53.6 Å². The van der Waals surface area contributed by atoms with E-state index in [9.17, 15) is 0 Å². The zero-order valence-corrected chi connectivity index (χ0v) is 14.0. The molecule has 2 atom stereocenters. The molecule has 0 saturated heterocycles. The van der Waals surface area contributed by atoms with E-state index in [0.29, 0.717) is 11.0 Å². The molecule has 2 aromatic carbocycles. The maximum absolute atomic E-state index is 6.03. The minimum Gasteiger partial charge on any atom is -0.375 e. The summed E-state index contributed by atoms with van der Waals surface area (Å²) in [5.41, 5.74) is 10.8. The summed E-state index contributed by atoms with van der Waals surface area (Å²) >= 11 is 11.3. The lowest BCUT2D eigenvalue weighted by Crippen LogP contribution is -2.35. The lowest BCUT2D eigenvalue weighted by molar-refractivity contribution is 0.309. The molecular formula is C18H16ClN3S. The highest BCUT2D eigenvalue weighted by molar-refractivity contribution is 7.80. The van der Waals surface area contributed by atoms with E-state index in [1.165, 1.54) is 11.1 Å². The molecule has 116 valence electrons. The Balaban J connectivity index is 1.80. The molecule has 1 heterocycles. The van der Waals surface area contributed by atoms with Crippen molar-refractivity contribution in [1.29, 1.82) is 0 Å². The highest BCUT2D eigenvalue weighted by atomic mass is 35.5. The molecule has 0 aromatic heterocycles. The highest BCUT2D eigenvalue weighted by Crippen LogP contribution is 2.43. The first-order valence-electron chi connectivity index (χ1n) is 7.66. The Hall–Kier alpha value is -1.91. The molecular weight excluding hydrogens is 326 g/mol. The van der Waals surface area contributed by atoms with Gasteiger partial charge in [0.05, 0.1) is 11.8 Å². The number of halogens is 1. The summed E-state index contributed by atoms with van der Waals surface area (Å²) < 4.78 is 0. The minimum atomic E-state index is 0.0492. The molecule has 3 nitrogen and oxygen atoms in total. The number of hydrogen-bond acceptors (Lipinski definition) is 2. The summed E-state index contributed by atoms with van der Waals surface area (Å²) in [4.78, 5) is 0. The van der Waals surface area contributed by atoms with Gasteiger partial charge in [-0.05, 0) is 48.3 Å². The van der Waals surface area contributed by atoms with Gasteiger partial charge in [0.25, 0.3) is 0 Å². The van der Waals surface area contributed by atoms with Crippen molar-refractivity contribution in [2.45, 2.75) is 18.9 Å². The largest absolute Gasteiger partial charge is 0.375 e. The summed E-state index contributed by atoms with van der Waals surface area (Å²) in [5, 5.41) is 7.61. The number of aryl methyl sites for hydroxylation is 1. The first kappa shape index (κ1) is 14.7. The number of hydrazone groups is 1. The number of hydrogen-bond donors (Lipinski definition) is 1. The molecule has 0 saturated carbocycles. The Labute approximate surface area is 145 Å². The summed E-state index contributed by atoms with van der Waals surface area (Å²) in [6, 6.07) is 16.4. The van der Waals surface area contributed by atoms with E-state index >= 15 is 0 Å². The predicted octanol–water partition coefficient (Wildman–Crippen LogP) is 3.91. The molecule has 2 aromatic rings. The van der Waals surface area contributed by atoms with Crippen molar-refractivity contribution in [2.24, 2.45) is 16.8 Å². The number of fused-ring (bicyclic) bond motifs is 3. The lowest BCUT2D eigenvalue weighted by Gasteiger charge is -2.29. The van der Waals surface area contributed by atoms with E-state index in [1.54, 1.807) is 5.01 Å². The maximum atomic E-state index is 6.03. The zero-order valence-electron chi connectivity index (χ0n) is 12.4. The second-order valence-corrected chi connectivity index (χ2v) is 6.82. The Morgan fingerprint density at radius 2 is 1.91 bits per heavy atom. The van der Waals surface area contributed by atoms with Gasteiger partial charge in [0.15, 0.2) is 5.11 Å². The average molecular weight is 342 g/mol. The van der Waals surface area contributed by atoms with Crippen molar-refractivity contribution in [1.82, 2.24) is 5.01 Å². The van der Waals surface area contributed by atoms with Crippen LogP contribution in [0.4, 0.5) is 0 Å². The first-order chi connectivity index (χ1) is 11.1. The van der Waals surface area contributed by atoms with Crippen LogP contribution in [0.3, 0.4) is 0 Å². The lowest BCUT2D eigenvalue weighted by atomic mass is 9.77. The van der Waals surface area contributed by atoms with Gasteiger partial charge in [0, 0.05) is 16.5 Å². The van der Waals surface area contributed by atoms with Crippen molar-refractivity contribution in [2.75, 3.05) is 0 Å². The van der Waals surface area contributed by atoms with E-state index < -0.39 is 0 Å². The predicted molar refractivity (Wildman–Crippen MR) is 97.6 cm³/mol. The summed E-state index contributed by atoms with van der Waals surface area (Å²) in [6.45, 7) is 0. The molecule has 0 radical (unpaired) electrons. The highest BCUT2D eigenvalue weighted by Gasteiger charge is 2.42. The van der Waals surface area contributed by atoms with E-state index in [4.69, 9.17) is 34.7 Å². The second kappa shape index (κ2) is 5.62. The van der Waals surface area contributed by atoms with Gasteiger partial charge < -0.3 is 5.73 Å². The molecule has 0 fully saturated rings. The molecule has 1 aliphatic heterocycles. The quantitative estimate of drug-likeness (QED) is 0.800. The van der Waals surface area contributed by atoms with E-state index in [0.717, 1.165) is 29.1 Å². The average Bonchev–Trinajstić information content (AvgIpc) is 2.96. The van der Waals surface area contributed by atoms with Gasteiger partial charge in [-0.1, -0.05) is 48.0 Å². The van der Waals surface area contributed by atoms with Gasteiger partial charge in [-0.25, -0.2) is 5.01 Å². The molecule has 23 heavy (non-hydrogen) atoms. The number of benzene rings is 2. The second-order valence-electron chi connectivity index (χ2n) is 5.97. The smallest absolute Gasteiger partial charge is 0.187 e. The topological polar surface area (TPSA) is 41.6 Å². The van der Waals surface area contributed by atoms with Crippen molar-refractivity contribution < 1.29 is 0 Å². The summed E-state index contributed by atoms with van der Waals surface area (Å²) in [6.07, 6.45) is 2.09. The van der Waals surface area contributed by atoms with Crippen molar-refractivity contribution in [3.8, 4) is 0 Å². The molecule has 4 rings (SSSR count). The SMILES string of the molecule is NC(=S)N1N=C2c3ccccc3CCC2C1c1ccc(Cl)cc1. The molecule has 2 aliphatic rings. The van der Waals surface area contributed by atoms with Crippen LogP contribution in [-0.4, -0.2) is 15.8 Å². The Kier molecular flexibility index (Phi) is 3.58. The molecule has 2 unspecified atom stereocenters. The van der Waals surface area contributed by atoms with Crippen LogP contribution >= 0.6 is 23.8 Å². The van der Waals surface area contributed by atoms with Gasteiger partial charge in [0.2, 0.25) is 0 Å². The van der Waals surface area contributed by atoms with Crippen LogP contribution in [0.1, 0.15) is 29.2 Å². The normalized spacial score (nSPS) is 22.3. The molecule has 2 N–H and O–H groups in total. The van der Waals surface area contributed by atoms with Crippen LogP contribution in [-0.2, 0) is 6.42 Å². The number of rotatable bonds is 1. The molecule has 5 heteroatoms. The van der Waals surface area contributed by atoms with Gasteiger partial charge in [-0.3, -0.25) is 0 Å². The van der Waals surface area contributed by atoms with Crippen molar-refractivity contribution in [3.05, 3.63) is 70.2 Å². The Morgan fingerprint density at radius 1 is 1.17 bits per heavy atom. The fraction of sp³-hybridized carbons (Fsp3) is 0.222. The number of thiocarbonyl (C=S) groups is 1. The number of nitrogens with zero attached hydrogens (tertiary/aromatic N) is 2. The third kappa shape index (κ3) is 2.42. The van der Waals surface area contributed by atoms with E-state index in [-0.39, 0.29) is 6.04 Å². The Bertz CT molecular complexity index is 800. The molecule has 1 aliphatic carbocycles. The zero-order chi connectivity index (χ0) is 16.0. The van der Waals surface area contributed by atoms with Gasteiger partial charge in [-0.2, -0.15) is 5.10 Å². The minimum absolute atomic E-state index is 0.0492. The van der Waals surface area contributed by atoms with E-state index in [2.05, 4.69) is 24.3 Å². The van der Waals surface area contributed by atoms with Gasteiger partial charge in [-0.15, -0.1) is 0 Å². The first-order valence-corrected chi connectivity index (χ1v) is 8.44. The van der Waals surface area contributed by atoms with Crippen molar-refractivity contribution in [3.63, 3.8) is 0 Å². The standard InChI is InChI=1S/C18H16ClN3S/c19-13-8-5-12(6-9-13)17-15-10-7-11-3-1-2-4-14(11)16(15)21-22(17)18(20)23/h1-6,8-9,15,17H,7,10H2,(H2,20,23). The van der Waals surface area contributed by atoms with Crippen LogP contribution in [0.25, 0.3) is 0 Å². The maximum Gasteiger partial charge on any atom is 0.187 e. The van der Waals surface area contributed by atoms with Crippen LogP contribution in [0.2, 0.25) is 5.02 Å². The molecule has 0 bridgehead atoms. The Morgan fingerprint density at radius 3 is 2.65 bits per heavy atom. The molecule has 0 amide bonds. The van der Waals surface area contributed by atoms with Crippen LogP contribution < -0.4 is 5.73 Å². The third-order valence-electron chi connectivity index (χ3n) is 4.67. The number of nitrogens with two attached hydrogens (primary N) is 1. The summed E-state index contributed by atoms with van der Waals surface area (Å²) in [7, 11) is 0. The van der Waals surface area contributed by atoms with Crippen LogP contribution in [0, 0.1) is 5.92 Å². The molecule has 0 spiro atoms. The van der Waals surface area contributed by atoms with Gasteiger partial charge >= 0.3 is 0 Å². The fourth-order valence-corrected chi connectivity index (χ4v) is 3.92. The van der Waals surface area contributed by atoms with Crippen molar-refractivity contribution >= 4 is 34.6 Å². The van der Waals surface area contributed by atoms with Gasteiger partial charge in [0.1, 0.15) is 0 Å². The fourth-order valence-electron chi connectivity index (χ4n) is 3.64. The van der Waals surface area contributed by atoms with E-state index in [1.807, 2.05) is 24.3 Å². The monoisotopic (exact) mass is 341 g/mol.